The van der Waals surface area contributed by atoms with Gasteiger partial charge in [0.05, 0.1) is 11.0 Å². The van der Waals surface area contributed by atoms with Crippen LogP contribution in [-0.2, 0) is 40.9 Å². The molecule has 2 atom stereocenters. The van der Waals surface area contributed by atoms with Gasteiger partial charge in [-0.2, -0.15) is 8.42 Å². The Kier molecular flexibility index (Phi) is 10.1. The maximum Gasteiger partial charge on any atom is 0.362 e. The largest absolute Gasteiger partial charge is 0.458 e. The van der Waals surface area contributed by atoms with Gasteiger partial charge >= 0.3 is 16.3 Å². The number of nitrogens with one attached hydrogen (secondary N) is 1. The first-order valence-corrected chi connectivity index (χ1v) is 12.9. The minimum absolute atomic E-state index is 0. The maximum atomic E-state index is 12.9. The van der Waals surface area contributed by atoms with Crippen molar-refractivity contribution in [3.63, 3.8) is 0 Å². The summed E-state index contributed by atoms with van der Waals surface area (Å²) in [7, 11) is -4.80. The van der Waals surface area contributed by atoms with Gasteiger partial charge in [0.2, 0.25) is 5.60 Å². The summed E-state index contributed by atoms with van der Waals surface area (Å²) < 4.78 is 37.1. The zero-order chi connectivity index (χ0) is 28.4. The Hall–Kier alpha value is -3.16. The van der Waals surface area contributed by atoms with E-state index in [1.807, 2.05) is 0 Å². The number of nitrogen functional groups attached to an aromatic ring is 1. The number of esters is 1. The number of rotatable bonds is 10. The van der Waals surface area contributed by atoms with E-state index in [1.165, 1.54) is 50.4 Å². The van der Waals surface area contributed by atoms with E-state index in [9.17, 15) is 32.9 Å². The number of anilines is 1. The summed E-state index contributed by atoms with van der Waals surface area (Å²) in [6.07, 6.45) is 0. The number of non-ortho nitro benzene ring substituents is 1. The van der Waals surface area contributed by atoms with E-state index < -0.39 is 56.4 Å². The molecule has 19 heteroatoms. The number of oxime groups is 1. The number of β-lactam (4-membered cyclic amide) rings is 1. The molecule has 1 aromatic carbocycles. The van der Waals surface area contributed by atoms with Crippen molar-refractivity contribution in [3.05, 3.63) is 51.0 Å². The molecule has 0 saturated carbocycles. The molecule has 0 spiro atoms. The van der Waals surface area contributed by atoms with Crippen molar-refractivity contribution >= 4 is 85.5 Å². The van der Waals surface area contributed by atoms with Crippen LogP contribution in [0.1, 0.15) is 32.0 Å². The van der Waals surface area contributed by atoms with E-state index in [2.05, 4.69) is 15.5 Å². The van der Waals surface area contributed by atoms with Gasteiger partial charge < -0.3 is 20.6 Å². The maximum absolute atomic E-state index is 12.9. The first kappa shape index (κ1) is 32.1. The van der Waals surface area contributed by atoms with Crippen LogP contribution in [-0.4, -0.2) is 97.9 Å². The van der Waals surface area contributed by atoms with Gasteiger partial charge in [0, 0.05) is 47.1 Å². The van der Waals surface area contributed by atoms with Crippen LogP contribution in [0.25, 0.3) is 0 Å². The summed E-state index contributed by atoms with van der Waals surface area (Å²) in [6.45, 7) is 3.68. The molecule has 1 aromatic heterocycles. The molecule has 0 unspecified atom stereocenters. The molecule has 2 amide bonds. The Morgan fingerprint density at radius 3 is 2.44 bits per heavy atom. The van der Waals surface area contributed by atoms with Crippen molar-refractivity contribution in [3.8, 4) is 0 Å². The van der Waals surface area contributed by atoms with Crippen molar-refractivity contribution in [2.75, 3.05) is 5.73 Å². The van der Waals surface area contributed by atoms with Crippen LogP contribution >= 0.6 is 11.3 Å². The second-order valence-electron chi connectivity index (χ2n) is 8.42. The minimum atomic E-state index is -4.80. The van der Waals surface area contributed by atoms with Gasteiger partial charge in [-0.1, -0.05) is 5.16 Å². The number of carbonyl (C=O) groups is 3. The van der Waals surface area contributed by atoms with E-state index in [1.54, 1.807) is 0 Å². The van der Waals surface area contributed by atoms with E-state index >= 15 is 0 Å². The molecule has 2 heterocycles. The van der Waals surface area contributed by atoms with Crippen LogP contribution in [0.5, 0.6) is 0 Å². The zero-order valence-corrected chi connectivity index (χ0v) is 24.7. The van der Waals surface area contributed by atoms with E-state index in [4.69, 9.17) is 19.9 Å². The van der Waals surface area contributed by atoms with Gasteiger partial charge in [-0.05, 0) is 38.5 Å². The first-order valence-electron chi connectivity index (χ1n) is 10.6. The number of amides is 2. The van der Waals surface area contributed by atoms with Crippen LogP contribution in [0.3, 0.4) is 0 Å². The van der Waals surface area contributed by atoms with Crippen molar-refractivity contribution < 1.29 is 41.9 Å². The number of hydrogen-bond acceptors (Lipinski definition) is 13. The topological polar surface area (TPSA) is 234 Å². The number of hydrogen-bond donors (Lipinski definition) is 3. The number of carbonyl (C=O) groups excluding carboxylic acids is 3. The summed E-state index contributed by atoms with van der Waals surface area (Å²) in [6, 6.07) is 2.95. The second-order valence-corrected chi connectivity index (χ2v) is 10.6. The van der Waals surface area contributed by atoms with Crippen molar-refractivity contribution in [1.82, 2.24) is 14.6 Å². The molecule has 1 aliphatic rings. The number of nitrogens with zero attached hydrogens (tertiary/aromatic N) is 4. The summed E-state index contributed by atoms with van der Waals surface area (Å²) in [5, 5.41) is 18.2. The molecule has 1 fully saturated rings. The molecule has 3 rings (SSSR count). The van der Waals surface area contributed by atoms with Gasteiger partial charge in [-0.3, -0.25) is 24.3 Å². The van der Waals surface area contributed by atoms with Gasteiger partial charge in [0.15, 0.2) is 10.8 Å². The Morgan fingerprint density at radius 2 is 1.95 bits per heavy atom. The zero-order valence-electron chi connectivity index (χ0n) is 21.1. The van der Waals surface area contributed by atoms with Crippen LogP contribution < -0.4 is 11.1 Å². The third-order valence-corrected chi connectivity index (χ3v) is 6.91. The Labute approximate surface area is 247 Å². The van der Waals surface area contributed by atoms with E-state index in [-0.39, 0.29) is 57.0 Å². The second kappa shape index (κ2) is 12.3. The summed E-state index contributed by atoms with van der Waals surface area (Å²) in [5.74, 6) is -2.95. The molecule has 4 N–H and O–H groups in total. The smallest absolute Gasteiger partial charge is 0.362 e. The van der Waals surface area contributed by atoms with Gasteiger partial charge in [0.25, 0.3) is 17.5 Å². The number of ether oxygens (including phenoxy) is 1. The molecular weight excluding hydrogens is 571 g/mol. The normalized spacial score (nSPS) is 17.5. The van der Waals surface area contributed by atoms with Crippen molar-refractivity contribution in [2.45, 2.75) is 45.1 Å². The van der Waals surface area contributed by atoms with Crippen molar-refractivity contribution in [2.24, 2.45) is 5.16 Å². The molecule has 1 radical (unpaired) electrons. The van der Waals surface area contributed by atoms with E-state index in [0.717, 1.165) is 11.3 Å². The number of thiazole rings is 1. The minimum Gasteiger partial charge on any atom is -0.458 e. The molecule has 39 heavy (non-hydrogen) atoms. The molecule has 205 valence electrons. The molecule has 0 bridgehead atoms. The van der Waals surface area contributed by atoms with Crippen LogP contribution in [0, 0.1) is 10.1 Å². The SMILES string of the molecule is C[C@@H]1[C@H](NC(=O)C(=NOC(C)(C)C(=O)OCc2ccc([N+](=O)[O-])cc2)c2csc(N)n2)C(=O)N1S(=O)(=O)O.[Na]. The number of nitrogens with two attached hydrogens (primary N) is 1. The predicted molar refractivity (Wildman–Crippen MR) is 137 cm³/mol. The Balaban J connectivity index is 0.00000533. The monoisotopic (exact) mass is 593 g/mol. The molecule has 16 nitrogen and oxygen atoms in total. The number of nitro benzene ring substituents is 1. The number of benzene rings is 1. The van der Waals surface area contributed by atoms with E-state index in [0.29, 0.717) is 5.56 Å². The molecule has 1 aliphatic heterocycles. The van der Waals surface area contributed by atoms with Gasteiger partial charge in [-0.15, -0.1) is 11.3 Å². The van der Waals surface area contributed by atoms with Gasteiger partial charge in [0.1, 0.15) is 18.3 Å². The standard InChI is InChI=1S/C20H22N6O10S2.Na/c1-10-14(17(28)25(10)38(32,33)34)23-16(27)15(13-9-37-19(21)22-13)24-36-20(2,3)18(29)35-8-11-4-6-12(7-5-11)26(30)31;/h4-7,9-10,14H,8H2,1-3H3,(H2,21,22)(H,23,27)(H,32,33,34);/t10-,14+;/m1./s1. The molecule has 1 saturated heterocycles. The van der Waals surface area contributed by atoms with Crippen LogP contribution in [0.15, 0.2) is 34.8 Å². The molecular formula is C20H22N6NaO10S2. The quantitative estimate of drug-likeness (QED) is 0.0629. The fourth-order valence-corrected chi connectivity index (χ4v) is 4.58. The predicted octanol–water partition coefficient (Wildman–Crippen LogP) is 0.0137. The average molecular weight is 594 g/mol. The molecule has 2 aromatic rings. The third kappa shape index (κ3) is 7.49. The first-order chi connectivity index (χ1) is 17.6. The Bertz CT molecular complexity index is 1410. The molecule has 0 aliphatic carbocycles. The van der Waals surface area contributed by atoms with Crippen LogP contribution in [0.2, 0.25) is 0 Å². The van der Waals surface area contributed by atoms with Crippen molar-refractivity contribution in [1.29, 1.82) is 0 Å². The van der Waals surface area contributed by atoms with Crippen LogP contribution in [0.4, 0.5) is 10.8 Å². The Morgan fingerprint density at radius 1 is 1.33 bits per heavy atom. The summed E-state index contributed by atoms with van der Waals surface area (Å²) in [4.78, 5) is 57.1. The summed E-state index contributed by atoms with van der Waals surface area (Å²) >= 11 is 0.971. The summed E-state index contributed by atoms with van der Waals surface area (Å²) in [5.41, 5.74) is 3.72. The van der Waals surface area contributed by atoms with Gasteiger partial charge in [-0.25, -0.2) is 14.1 Å². The average Bonchev–Trinajstić information content (AvgIpc) is 3.26. The fourth-order valence-electron chi connectivity index (χ4n) is 3.15. The number of aromatic nitrogens is 1. The number of nitro groups is 1. The third-order valence-electron chi connectivity index (χ3n) is 5.22. The fraction of sp³-hybridized carbons (Fsp3) is 0.350.